The number of aryl methyl sites for hydroxylation is 1. The van der Waals surface area contributed by atoms with Gasteiger partial charge in [-0.15, -0.1) is 0 Å². The van der Waals surface area contributed by atoms with Gasteiger partial charge in [-0.3, -0.25) is 14.7 Å². The zero-order chi connectivity index (χ0) is 23.5. The summed E-state index contributed by atoms with van der Waals surface area (Å²) in [5.41, 5.74) is 4.78. The smallest absolute Gasteiger partial charge is 0.261 e. The van der Waals surface area contributed by atoms with E-state index in [4.69, 9.17) is 0 Å². The van der Waals surface area contributed by atoms with Gasteiger partial charge in [-0.25, -0.2) is 13.4 Å². The van der Waals surface area contributed by atoms with E-state index in [2.05, 4.69) is 25.0 Å². The van der Waals surface area contributed by atoms with E-state index < -0.39 is 10.0 Å². The molecule has 2 aromatic heterocycles. The van der Waals surface area contributed by atoms with Crippen molar-refractivity contribution in [2.75, 3.05) is 10.0 Å². The van der Waals surface area contributed by atoms with Crippen molar-refractivity contribution >= 4 is 38.1 Å². The molecule has 2 heterocycles. The number of rotatable bonds is 6. The van der Waals surface area contributed by atoms with Gasteiger partial charge in [-0.2, -0.15) is 0 Å². The maximum atomic E-state index is 12.6. The van der Waals surface area contributed by atoms with Crippen LogP contribution in [0.1, 0.15) is 5.56 Å². The van der Waals surface area contributed by atoms with Gasteiger partial charge in [0, 0.05) is 28.5 Å². The van der Waals surface area contributed by atoms with E-state index in [-0.39, 0.29) is 4.90 Å². The molecule has 0 unspecified atom stereocenters. The standard InChI is InChI=1S/C26H21N5O2S/c1-18-6-12-23(13-7-18)34(32,33)31-22-10-8-21(9-11-22)30-26-17-28-25(16-29-26)20-14-19-4-2-3-5-24(19)27-15-20/h2-17,31H,1H3,(H,29,30). The van der Waals surface area contributed by atoms with Crippen molar-refractivity contribution < 1.29 is 8.42 Å². The number of pyridine rings is 1. The van der Waals surface area contributed by atoms with Gasteiger partial charge < -0.3 is 5.32 Å². The summed E-state index contributed by atoms with van der Waals surface area (Å²) >= 11 is 0. The lowest BCUT2D eigenvalue weighted by Crippen LogP contribution is -2.12. The molecule has 0 bridgehead atoms. The van der Waals surface area contributed by atoms with E-state index in [1.807, 2.05) is 37.3 Å². The summed E-state index contributed by atoms with van der Waals surface area (Å²) in [6.07, 6.45) is 5.13. The van der Waals surface area contributed by atoms with Crippen LogP contribution < -0.4 is 10.0 Å². The van der Waals surface area contributed by atoms with Crippen LogP contribution in [0.25, 0.3) is 22.2 Å². The highest BCUT2D eigenvalue weighted by molar-refractivity contribution is 7.92. The van der Waals surface area contributed by atoms with Crippen LogP contribution >= 0.6 is 0 Å². The van der Waals surface area contributed by atoms with E-state index in [0.29, 0.717) is 11.5 Å². The average molecular weight is 468 g/mol. The molecule has 2 N–H and O–H groups in total. The van der Waals surface area contributed by atoms with E-state index in [9.17, 15) is 8.42 Å². The Morgan fingerprint density at radius 3 is 2.21 bits per heavy atom. The molecule has 3 aromatic carbocycles. The molecule has 0 amide bonds. The Bertz CT molecular complexity index is 1550. The van der Waals surface area contributed by atoms with Crippen molar-refractivity contribution in [3.8, 4) is 11.3 Å². The summed E-state index contributed by atoms with van der Waals surface area (Å²) in [6, 6.07) is 23.6. The quantitative estimate of drug-likeness (QED) is 0.340. The van der Waals surface area contributed by atoms with Crippen molar-refractivity contribution in [1.29, 1.82) is 0 Å². The number of para-hydroxylation sites is 1. The van der Waals surface area contributed by atoms with E-state index in [1.165, 1.54) is 0 Å². The summed E-state index contributed by atoms with van der Waals surface area (Å²) in [7, 11) is -3.64. The molecule has 8 heteroatoms. The van der Waals surface area contributed by atoms with Crippen LogP contribution in [0, 0.1) is 6.92 Å². The normalized spacial score (nSPS) is 11.3. The first-order chi connectivity index (χ1) is 16.5. The van der Waals surface area contributed by atoms with Crippen LogP contribution in [-0.2, 0) is 10.0 Å². The molecule has 168 valence electrons. The number of nitrogens with zero attached hydrogens (tertiary/aromatic N) is 3. The number of anilines is 3. The Balaban J connectivity index is 1.27. The van der Waals surface area contributed by atoms with Gasteiger partial charge in [0.05, 0.1) is 28.5 Å². The Labute approximate surface area is 197 Å². The fourth-order valence-corrected chi connectivity index (χ4v) is 4.51. The second-order valence-electron chi connectivity index (χ2n) is 7.82. The third-order valence-corrected chi connectivity index (χ3v) is 6.68. The minimum atomic E-state index is -3.64. The lowest BCUT2D eigenvalue weighted by molar-refractivity contribution is 0.601. The summed E-state index contributed by atoms with van der Waals surface area (Å²) in [5, 5.41) is 4.22. The molecule has 0 radical (unpaired) electrons. The number of nitrogens with one attached hydrogen (secondary N) is 2. The molecule has 0 atom stereocenters. The third-order valence-electron chi connectivity index (χ3n) is 5.28. The minimum absolute atomic E-state index is 0.220. The highest BCUT2D eigenvalue weighted by atomic mass is 32.2. The fraction of sp³-hybridized carbons (Fsp3) is 0.0385. The molecular weight excluding hydrogens is 446 g/mol. The van der Waals surface area contributed by atoms with E-state index in [0.717, 1.165) is 33.4 Å². The number of hydrogen-bond acceptors (Lipinski definition) is 6. The van der Waals surface area contributed by atoms with Crippen LogP contribution in [0.3, 0.4) is 0 Å². The van der Waals surface area contributed by atoms with Crippen molar-refractivity contribution in [2.45, 2.75) is 11.8 Å². The highest BCUT2D eigenvalue weighted by Gasteiger charge is 2.13. The molecule has 0 spiro atoms. The average Bonchev–Trinajstić information content (AvgIpc) is 2.85. The first-order valence-corrected chi connectivity index (χ1v) is 12.1. The van der Waals surface area contributed by atoms with Gasteiger partial charge in [0.25, 0.3) is 10.0 Å². The zero-order valence-corrected chi connectivity index (χ0v) is 19.1. The summed E-state index contributed by atoms with van der Waals surface area (Å²) in [6.45, 7) is 1.91. The van der Waals surface area contributed by atoms with E-state index in [1.54, 1.807) is 67.1 Å². The maximum absolute atomic E-state index is 12.6. The minimum Gasteiger partial charge on any atom is -0.339 e. The lowest BCUT2D eigenvalue weighted by atomic mass is 10.1. The molecule has 0 aliphatic rings. The van der Waals surface area contributed by atoms with E-state index >= 15 is 0 Å². The van der Waals surface area contributed by atoms with Gasteiger partial charge in [0.2, 0.25) is 0 Å². The molecule has 0 aliphatic heterocycles. The topological polar surface area (TPSA) is 96.9 Å². The monoisotopic (exact) mass is 467 g/mol. The summed E-state index contributed by atoms with van der Waals surface area (Å²) < 4.78 is 27.7. The maximum Gasteiger partial charge on any atom is 0.261 e. The molecule has 0 aliphatic carbocycles. The third kappa shape index (κ3) is 4.72. The largest absolute Gasteiger partial charge is 0.339 e. The second-order valence-corrected chi connectivity index (χ2v) is 9.51. The Hall–Kier alpha value is -4.30. The highest BCUT2D eigenvalue weighted by Crippen LogP contribution is 2.23. The zero-order valence-electron chi connectivity index (χ0n) is 18.3. The van der Waals surface area contributed by atoms with Crippen LogP contribution in [0.2, 0.25) is 0 Å². The van der Waals surface area contributed by atoms with Gasteiger partial charge in [0.15, 0.2) is 0 Å². The molecular formula is C26H21N5O2S. The van der Waals surface area contributed by atoms with Crippen molar-refractivity contribution in [2.24, 2.45) is 0 Å². The van der Waals surface area contributed by atoms with Crippen molar-refractivity contribution in [3.05, 3.63) is 103 Å². The fourth-order valence-electron chi connectivity index (χ4n) is 3.45. The van der Waals surface area contributed by atoms with Crippen molar-refractivity contribution in [3.63, 3.8) is 0 Å². The summed E-state index contributed by atoms with van der Waals surface area (Å²) in [4.78, 5) is 13.6. The molecule has 5 rings (SSSR count). The number of hydrogen-bond donors (Lipinski definition) is 2. The Morgan fingerprint density at radius 1 is 0.735 bits per heavy atom. The van der Waals surface area contributed by atoms with Gasteiger partial charge in [0.1, 0.15) is 5.82 Å². The van der Waals surface area contributed by atoms with Crippen LogP contribution in [0.5, 0.6) is 0 Å². The number of sulfonamides is 1. The Kier molecular flexibility index (Phi) is 5.65. The molecule has 0 saturated heterocycles. The molecule has 34 heavy (non-hydrogen) atoms. The SMILES string of the molecule is Cc1ccc(S(=O)(=O)Nc2ccc(Nc3cnc(-c4cnc5ccccc5c4)cn3)cc2)cc1. The second kappa shape index (κ2) is 8.92. The lowest BCUT2D eigenvalue weighted by Gasteiger charge is -2.10. The first kappa shape index (κ1) is 21.5. The predicted octanol–water partition coefficient (Wildman–Crippen LogP) is 5.54. The molecule has 7 nitrogen and oxygen atoms in total. The van der Waals surface area contributed by atoms with Crippen molar-refractivity contribution in [1.82, 2.24) is 15.0 Å². The number of aromatic nitrogens is 3. The molecule has 5 aromatic rings. The Morgan fingerprint density at radius 2 is 1.47 bits per heavy atom. The van der Waals surface area contributed by atoms with Crippen LogP contribution in [0.4, 0.5) is 17.2 Å². The predicted molar refractivity (Wildman–Crippen MR) is 134 cm³/mol. The first-order valence-electron chi connectivity index (χ1n) is 10.6. The molecule has 0 fully saturated rings. The van der Waals surface area contributed by atoms with Gasteiger partial charge in [-0.05, 0) is 55.5 Å². The van der Waals surface area contributed by atoms with Gasteiger partial charge in [-0.1, -0.05) is 35.9 Å². The number of fused-ring (bicyclic) bond motifs is 1. The van der Waals surface area contributed by atoms with Gasteiger partial charge >= 0.3 is 0 Å². The molecule has 0 saturated carbocycles. The van der Waals surface area contributed by atoms with Crippen LogP contribution in [-0.4, -0.2) is 23.4 Å². The number of benzene rings is 3. The van der Waals surface area contributed by atoms with Crippen LogP contribution in [0.15, 0.2) is 102 Å². The summed E-state index contributed by atoms with van der Waals surface area (Å²) in [5.74, 6) is 0.575.